The molecule has 3 heterocycles. The number of amides is 2. The zero-order valence-corrected chi connectivity index (χ0v) is 15.1. The molecule has 2 amide bonds. The van der Waals surface area contributed by atoms with E-state index in [2.05, 4.69) is 29.0 Å². The maximum absolute atomic E-state index is 12.0. The largest absolute Gasteiger partial charge is 0.338 e. The molecule has 0 unspecified atom stereocenters. The van der Waals surface area contributed by atoms with E-state index in [1.807, 2.05) is 22.4 Å². The summed E-state index contributed by atoms with van der Waals surface area (Å²) >= 11 is 1.86. The van der Waals surface area contributed by atoms with Crippen molar-refractivity contribution in [3.05, 3.63) is 16.1 Å². The number of likely N-dealkylation sites (tertiary alicyclic amines) is 1. The minimum atomic E-state index is 0.135. The van der Waals surface area contributed by atoms with E-state index < -0.39 is 0 Å². The lowest BCUT2D eigenvalue weighted by Gasteiger charge is -2.40. The van der Waals surface area contributed by atoms with Crippen molar-refractivity contribution in [2.45, 2.75) is 52.1 Å². The smallest absolute Gasteiger partial charge is 0.317 e. The summed E-state index contributed by atoms with van der Waals surface area (Å²) in [7, 11) is 0. The first-order chi connectivity index (χ1) is 11.1. The second-order valence-electron chi connectivity index (χ2n) is 7.10. The van der Waals surface area contributed by atoms with Gasteiger partial charge in [0.2, 0.25) is 0 Å². The number of carbonyl (C=O) groups is 1. The van der Waals surface area contributed by atoms with Crippen molar-refractivity contribution in [1.82, 2.24) is 20.1 Å². The number of carbonyl (C=O) groups excluding carboxylic acids is 1. The molecule has 2 saturated heterocycles. The van der Waals surface area contributed by atoms with Crippen molar-refractivity contribution in [3.63, 3.8) is 0 Å². The number of nitrogens with zero attached hydrogens (tertiary/aromatic N) is 3. The van der Waals surface area contributed by atoms with Gasteiger partial charge in [-0.2, -0.15) is 0 Å². The Bertz CT molecular complexity index is 522. The van der Waals surface area contributed by atoms with E-state index >= 15 is 0 Å². The molecule has 0 aliphatic carbocycles. The standard InChI is InChI=1S/C17H28N4OS/c1-13(2)10-16-19-11-15(23-16)12-20-8-4-14(5-9-20)21-7-3-6-18-17(21)22/h11,13-14H,3-10,12H2,1-2H3,(H,18,22). The predicted molar refractivity (Wildman–Crippen MR) is 93.7 cm³/mol. The summed E-state index contributed by atoms with van der Waals surface area (Å²) in [5, 5.41) is 4.22. The third-order valence-corrected chi connectivity index (χ3v) is 5.68. The summed E-state index contributed by atoms with van der Waals surface area (Å²) < 4.78 is 0. The average Bonchev–Trinajstić information content (AvgIpc) is 2.95. The lowest BCUT2D eigenvalue weighted by molar-refractivity contribution is 0.109. The Balaban J connectivity index is 1.47. The number of piperidine rings is 1. The number of thiazole rings is 1. The van der Waals surface area contributed by atoms with Crippen molar-refractivity contribution >= 4 is 17.4 Å². The number of aromatic nitrogens is 1. The van der Waals surface area contributed by atoms with E-state index in [9.17, 15) is 4.79 Å². The highest BCUT2D eigenvalue weighted by Crippen LogP contribution is 2.23. The van der Waals surface area contributed by atoms with Crippen LogP contribution in [0.1, 0.15) is 43.0 Å². The minimum Gasteiger partial charge on any atom is -0.338 e. The molecule has 0 saturated carbocycles. The van der Waals surface area contributed by atoms with Gasteiger partial charge >= 0.3 is 6.03 Å². The fourth-order valence-corrected chi connectivity index (χ4v) is 4.65. The van der Waals surface area contributed by atoms with Crippen LogP contribution in [-0.2, 0) is 13.0 Å². The van der Waals surface area contributed by atoms with Gasteiger partial charge in [-0.25, -0.2) is 9.78 Å². The monoisotopic (exact) mass is 336 g/mol. The van der Waals surface area contributed by atoms with E-state index in [-0.39, 0.29) is 6.03 Å². The van der Waals surface area contributed by atoms with Gasteiger partial charge in [0.05, 0.1) is 5.01 Å². The Kier molecular flexibility index (Phi) is 5.54. The molecular weight excluding hydrogens is 308 g/mol. The summed E-state index contributed by atoms with van der Waals surface area (Å²) in [6.07, 6.45) is 6.38. The van der Waals surface area contributed by atoms with Crippen LogP contribution in [-0.4, -0.2) is 53.0 Å². The van der Waals surface area contributed by atoms with Crippen LogP contribution in [0.3, 0.4) is 0 Å². The van der Waals surface area contributed by atoms with Crippen LogP contribution in [0.2, 0.25) is 0 Å². The maximum atomic E-state index is 12.0. The molecule has 0 bridgehead atoms. The Morgan fingerprint density at radius 1 is 1.35 bits per heavy atom. The average molecular weight is 337 g/mol. The molecule has 0 aromatic carbocycles. The Hall–Kier alpha value is -1.14. The van der Waals surface area contributed by atoms with Crippen molar-refractivity contribution in [3.8, 4) is 0 Å². The highest BCUT2D eigenvalue weighted by molar-refractivity contribution is 7.11. The van der Waals surface area contributed by atoms with Gasteiger partial charge < -0.3 is 10.2 Å². The summed E-state index contributed by atoms with van der Waals surface area (Å²) in [5.74, 6) is 0.667. The molecule has 5 nitrogen and oxygen atoms in total. The number of hydrogen-bond donors (Lipinski definition) is 1. The van der Waals surface area contributed by atoms with Crippen LogP contribution in [0.4, 0.5) is 4.79 Å². The zero-order valence-electron chi connectivity index (χ0n) is 14.3. The van der Waals surface area contributed by atoms with Gasteiger partial charge in [-0.05, 0) is 25.2 Å². The van der Waals surface area contributed by atoms with Gasteiger partial charge in [-0.3, -0.25) is 4.90 Å². The van der Waals surface area contributed by atoms with E-state index in [0.29, 0.717) is 12.0 Å². The SMILES string of the molecule is CC(C)Cc1ncc(CN2CCC(N3CCCNC3=O)CC2)s1. The molecule has 0 atom stereocenters. The van der Waals surface area contributed by atoms with Crippen molar-refractivity contribution in [2.75, 3.05) is 26.2 Å². The molecule has 6 heteroatoms. The first-order valence-electron chi connectivity index (χ1n) is 8.82. The number of rotatable bonds is 5. The molecule has 3 rings (SSSR count). The quantitative estimate of drug-likeness (QED) is 0.899. The molecule has 1 aromatic rings. The Morgan fingerprint density at radius 3 is 2.83 bits per heavy atom. The Labute approximate surface area is 143 Å². The number of urea groups is 1. The predicted octanol–water partition coefficient (Wildman–Crippen LogP) is 2.72. The molecule has 0 radical (unpaired) electrons. The highest BCUT2D eigenvalue weighted by Gasteiger charge is 2.29. The van der Waals surface area contributed by atoms with E-state index in [1.165, 1.54) is 9.88 Å². The van der Waals surface area contributed by atoms with E-state index in [0.717, 1.165) is 58.4 Å². The first-order valence-corrected chi connectivity index (χ1v) is 9.64. The molecule has 0 spiro atoms. The van der Waals surface area contributed by atoms with Crippen LogP contribution in [0, 0.1) is 5.92 Å². The van der Waals surface area contributed by atoms with E-state index in [4.69, 9.17) is 0 Å². The van der Waals surface area contributed by atoms with Gasteiger partial charge in [0.15, 0.2) is 0 Å². The molecule has 128 valence electrons. The second kappa shape index (κ2) is 7.62. The molecule has 2 fully saturated rings. The molecule has 1 aromatic heterocycles. The third-order valence-electron chi connectivity index (χ3n) is 4.67. The van der Waals surface area contributed by atoms with Crippen LogP contribution >= 0.6 is 11.3 Å². The Morgan fingerprint density at radius 2 is 2.13 bits per heavy atom. The van der Waals surface area contributed by atoms with Crippen LogP contribution in [0.5, 0.6) is 0 Å². The minimum absolute atomic E-state index is 0.135. The molecule has 2 aliphatic rings. The lowest BCUT2D eigenvalue weighted by Crippen LogP contribution is -2.54. The first kappa shape index (κ1) is 16.7. The van der Waals surface area contributed by atoms with Crippen LogP contribution < -0.4 is 5.32 Å². The normalized spacial score (nSPS) is 21.0. The second-order valence-corrected chi connectivity index (χ2v) is 8.30. The maximum Gasteiger partial charge on any atom is 0.317 e. The van der Waals surface area contributed by atoms with Crippen molar-refractivity contribution in [2.24, 2.45) is 5.92 Å². The lowest BCUT2D eigenvalue weighted by atomic mass is 10.0. The van der Waals surface area contributed by atoms with Gasteiger partial charge in [-0.1, -0.05) is 13.8 Å². The van der Waals surface area contributed by atoms with Crippen LogP contribution in [0.25, 0.3) is 0 Å². The summed E-state index contributed by atoms with van der Waals surface area (Å²) in [5.41, 5.74) is 0. The number of nitrogens with one attached hydrogen (secondary N) is 1. The van der Waals surface area contributed by atoms with Crippen molar-refractivity contribution in [1.29, 1.82) is 0 Å². The molecule has 2 aliphatic heterocycles. The topological polar surface area (TPSA) is 48.5 Å². The molecule has 23 heavy (non-hydrogen) atoms. The van der Waals surface area contributed by atoms with Crippen molar-refractivity contribution < 1.29 is 4.79 Å². The summed E-state index contributed by atoms with van der Waals surface area (Å²) in [4.78, 5) is 22.4. The highest BCUT2D eigenvalue weighted by atomic mass is 32.1. The van der Waals surface area contributed by atoms with Gasteiger partial charge in [-0.15, -0.1) is 11.3 Å². The third kappa shape index (κ3) is 4.44. The molecular formula is C17H28N4OS. The summed E-state index contributed by atoms with van der Waals surface area (Å²) in [6, 6.07) is 0.556. The van der Waals surface area contributed by atoms with E-state index in [1.54, 1.807) is 0 Å². The number of hydrogen-bond acceptors (Lipinski definition) is 4. The van der Waals surface area contributed by atoms with Gasteiger partial charge in [0.1, 0.15) is 0 Å². The van der Waals surface area contributed by atoms with Gasteiger partial charge in [0.25, 0.3) is 0 Å². The van der Waals surface area contributed by atoms with Crippen LogP contribution in [0.15, 0.2) is 6.20 Å². The fraction of sp³-hybridized carbons (Fsp3) is 0.765. The van der Waals surface area contributed by atoms with Gasteiger partial charge in [0, 0.05) is 56.3 Å². The summed E-state index contributed by atoms with van der Waals surface area (Å²) in [6.45, 7) is 9.39. The molecule has 1 N–H and O–H groups in total. The zero-order chi connectivity index (χ0) is 16.2. The fourth-order valence-electron chi connectivity index (χ4n) is 3.47.